The van der Waals surface area contributed by atoms with E-state index in [1.807, 2.05) is 0 Å². The van der Waals surface area contributed by atoms with Crippen LogP contribution in [0.5, 0.6) is 0 Å². The predicted molar refractivity (Wildman–Crippen MR) is 59.4 cm³/mol. The van der Waals surface area contributed by atoms with Crippen LogP contribution in [0.1, 0.15) is 33.1 Å². The summed E-state index contributed by atoms with van der Waals surface area (Å²) in [5.74, 6) is 0. The molecule has 14 heavy (non-hydrogen) atoms. The summed E-state index contributed by atoms with van der Waals surface area (Å²) in [6, 6.07) is 0.505. The highest BCUT2D eigenvalue weighted by molar-refractivity contribution is 4.93. The zero-order valence-corrected chi connectivity index (χ0v) is 9.71. The Morgan fingerprint density at radius 3 is 2.43 bits per heavy atom. The Balaban J connectivity index is 2.49. The second-order valence-electron chi connectivity index (χ2n) is 4.70. The molecular weight excluding hydrogens is 176 g/mol. The van der Waals surface area contributed by atoms with Gasteiger partial charge in [0.15, 0.2) is 0 Å². The molecule has 1 saturated heterocycles. The van der Waals surface area contributed by atoms with Crippen LogP contribution in [0.3, 0.4) is 0 Å². The zero-order valence-electron chi connectivity index (χ0n) is 9.71. The monoisotopic (exact) mass is 200 g/mol. The Kier molecular flexibility index (Phi) is 4.35. The van der Waals surface area contributed by atoms with Crippen molar-refractivity contribution in [3.63, 3.8) is 0 Å². The lowest BCUT2D eigenvalue weighted by atomic mass is 9.87. The molecule has 1 atom stereocenters. The molecule has 1 rings (SSSR count). The van der Waals surface area contributed by atoms with Crippen molar-refractivity contribution in [2.45, 2.75) is 44.7 Å². The number of rotatable bonds is 4. The van der Waals surface area contributed by atoms with Gasteiger partial charge in [0.1, 0.15) is 0 Å². The minimum absolute atomic E-state index is 0.0120. The van der Waals surface area contributed by atoms with E-state index >= 15 is 0 Å². The summed E-state index contributed by atoms with van der Waals surface area (Å²) in [5, 5.41) is 13.1. The van der Waals surface area contributed by atoms with E-state index in [0.717, 1.165) is 32.4 Å². The summed E-state index contributed by atoms with van der Waals surface area (Å²) in [6.07, 6.45) is 3.24. The van der Waals surface area contributed by atoms with Crippen molar-refractivity contribution in [3.05, 3.63) is 0 Å². The number of hydrogen-bond acceptors (Lipinski definition) is 3. The molecule has 0 aliphatic carbocycles. The van der Waals surface area contributed by atoms with Crippen molar-refractivity contribution in [1.82, 2.24) is 10.2 Å². The molecule has 3 heteroatoms. The zero-order chi connectivity index (χ0) is 10.6. The van der Waals surface area contributed by atoms with Gasteiger partial charge in [0, 0.05) is 11.6 Å². The molecule has 0 aromatic carbocycles. The van der Waals surface area contributed by atoms with Gasteiger partial charge in [0.25, 0.3) is 0 Å². The van der Waals surface area contributed by atoms with Gasteiger partial charge in [-0.1, -0.05) is 6.92 Å². The standard InChI is InChI=1S/C11H24N2O/c1-4-10(2)12-11(9-14)5-7-13(3)8-6-11/h10,12,14H,4-9H2,1-3H3. The third-order valence-corrected chi connectivity index (χ3v) is 3.41. The highest BCUT2D eigenvalue weighted by Gasteiger charge is 2.33. The summed E-state index contributed by atoms with van der Waals surface area (Å²) < 4.78 is 0. The Bertz CT molecular complexity index is 165. The number of nitrogens with one attached hydrogen (secondary N) is 1. The average molecular weight is 200 g/mol. The first-order valence-corrected chi connectivity index (χ1v) is 5.69. The van der Waals surface area contributed by atoms with Crippen LogP contribution in [-0.2, 0) is 0 Å². The van der Waals surface area contributed by atoms with E-state index in [1.165, 1.54) is 0 Å². The van der Waals surface area contributed by atoms with Crippen molar-refractivity contribution in [2.24, 2.45) is 0 Å². The summed E-state index contributed by atoms with van der Waals surface area (Å²) >= 11 is 0. The van der Waals surface area contributed by atoms with E-state index < -0.39 is 0 Å². The molecule has 0 radical (unpaired) electrons. The van der Waals surface area contributed by atoms with Crippen molar-refractivity contribution < 1.29 is 5.11 Å². The van der Waals surface area contributed by atoms with Gasteiger partial charge in [-0.05, 0) is 46.3 Å². The minimum atomic E-state index is -0.0120. The molecule has 3 nitrogen and oxygen atoms in total. The molecular formula is C11H24N2O. The van der Waals surface area contributed by atoms with Gasteiger partial charge in [-0.2, -0.15) is 0 Å². The van der Waals surface area contributed by atoms with E-state index in [1.54, 1.807) is 0 Å². The lowest BCUT2D eigenvalue weighted by Crippen LogP contribution is -2.57. The van der Waals surface area contributed by atoms with Gasteiger partial charge < -0.3 is 15.3 Å². The molecule has 1 heterocycles. The van der Waals surface area contributed by atoms with Crippen molar-refractivity contribution >= 4 is 0 Å². The number of aliphatic hydroxyl groups is 1. The van der Waals surface area contributed by atoms with Crippen molar-refractivity contribution in [3.8, 4) is 0 Å². The third-order valence-electron chi connectivity index (χ3n) is 3.41. The molecule has 0 bridgehead atoms. The predicted octanol–water partition coefficient (Wildman–Crippen LogP) is 0.831. The number of aliphatic hydroxyl groups excluding tert-OH is 1. The molecule has 1 unspecified atom stereocenters. The van der Waals surface area contributed by atoms with Gasteiger partial charge in [0.2, 0.25) is 0 Å². The summed E-state index contributed by atoms with van der Waals surface area (Å²) in [7, 11) is 2.14. The molecule has 2 N–H and O–H groups in total. The fraction of sp³-hybridized carbons (Fsp3) is 1.00. The van der Waals surface area contributed by atoms with E-state index in [4.69, 9.17) is 0 Å². The molecule has 0 aromatic rings. The summed E-state index contributed by atoms with van der Waals surface area (Å²) in [5.41, 5.74) is -0.0120. The third kappa shape index (κ3) is 2.94. The smallest absolute Gasteiger partial charge is 0.0614 e. The largest absolute Gasteiger partial charge is 0.394 e. The van der Waals surface area contributed by atoms with E-state index in [2.05, 4.69) is 31.1 Å². The fourth-order valence-electron chi connectivity index (χ4n) is 2.02. The molecule has 0 saturated carbocycles. The SMILES string of the molecule is CCC(C)NC1(CO)CCN(C)CC1. The fourth-order valence-corrected chi connectivity index (χ4v) is 2.02. The van der Waals surface area contributed by atoms with Crippen LogP contribution in [0.2, 0.25) is 0 Å². The first-order valence-electron chi connectivity index (χ1n) is 5.69. The summed E-state index contributed by atoms with van der Waals surface area (Å²) in [6.45, 7) is 6.81. The second-order valence-corrected chi connectivity index (χ2v) is 4.70. The maximum absolute atomic E-state index is 9.49. The maximum atomic E-state index is 9.49. The lowest BCUT2D eigenvalue weighted by molar-refractivity contribution is 0.0805. The Morgan fingerprint density at radius 1 is 1.43 bits per heavy atom. The molecule has 0 aromatic heterocycles. The minimum Gasteiger partial charge on any atom is -0.394 e. The van der Waals surface area contributed by atoms with E-state index in [0.29, 0.717) is 6.04 Å². The first-order chi connectivity index (χ1) is 6.62. The highest BCUT2D eigenvalue weighted by atomic mass is 16.3. The van der Waals surface area contributed by atoms with Crippen LogP contribution in [0, 0.1) is 0 Å². The maximum Gasteiger partial charge on any atom is 0.0614 e. The van der Waals surface area contributed by atoms with Crippen LogP contribution < -0.4 is 5.32 Å². The van der Waals surface area contributed by atoms with E-state index in [-0.39, 0.29) is 12.1 Å². The second kappa shape index (κ2) is 5.10. The number of hydrogen-bond donors (Lipinski definition) is 2. The number of likely N-dealkylation sites (tertiary alicyclic amines) is 1. The lowest BCUT2D eigenvalue weighted by Gasteiger charge is -2.41. The molecule has 0 spiro atoms. The van der Waals surface area contributed by atoms with Crippen LogP contribution in [0.15, 0.2) is 0 Å². The van der Waals surface area contributed by atoms with Gasteiger partial charge in [-0.25, -0.2) is 0 Å². The van der Waals surface area contributed by atoms with Crippen LogP contribution in [0.4, 0.5) is 0 Å². The van der Waals surface area contributed by atoms with Crippen molar-refractivity contribution in [2.75, 3.05) is 26.7 Å². The van der Waals surface area contributed by atoms with E-state index in [9.17, 15) is 5.11 Å². The van der Waals surface area contributed by atoms with Gasteiger partial charge >= 0.3 is 0 Å². The first kappa shape index (κ1) is 12.0. The Morgan fingerprint density at radius 2 is 2.00 bits per heavy atom. The van der Waals surface area contributed by atoms with Crippen LogP contribution in [-0.4, -0.2) is 48.3 Å². The molecule has 1 aliphatic rings. The highest BCUT2D eigenvalue weighted by Crippen LogP contribution is 2.21. The molecule has 1 fully saturated rings. The normalized spacial score (nSPS) is 24.9. The molecule has 84 valence electrons. The quantitative estimate of drug-likeness (QED) is 0.705. The summed E-state index contributed by atoms with van der Waals surface area (Å²) in [4.78, 5) is 2.33. The van der Waals surface area contributed by atoms with Gasteiger partial charge in [-0.15, -0.1) is 0 Å². The Labute approximate surface area is 87.5 Å². The topological polar surface area (TPSA) is 35.5 Å². The van der Waals surface area contributed by atoms with Gasteiger partial charge in [0.05, 0.1) is 6.61 Å². The van der Waals surface area contributed by atoms with Crippen LogP contribution >= 0.6 is 0 Å². The van der Waals surface area contributed by atoms with Crippen LogP contribution in [0.25, 0.3) is 0 Å². The molecule has 1 aliphatic heterocycles. The van der Waals surface area contributed by atoms with Crippen molar-refractivity contribution in [1.29, 1.82) is 0 Å². The Hall–Kier alpha value is -0.120. The van der Waals surface area contributed by atoms with Gasteiger partial charge in [-0.3, -0.25) is 0 Å². The number of nitrogens with zero attached hydrogens (tertiary/aromatic N) is 1. The number of piperidine rings is 1. The average Bonchev–Trinajstić information content (AvgIpc) is 2.22. The molecule has 0 amide bonds.